The van der Waals surface area contributed by atoms with E-state index >= 15 is 0 Å². The highest BCUT2D eigenvalue weighted by Gasteiger charge is 2.10. The van der Waals surface area contributed by atoms with Crippen molar-refractivity contribution in [3.05, 3.63) is 11.8 Å². The van der Waals surface area contributed by atoms with Gasteiger partial charge in [-0.1, -0.05) is 13.8 Å². The third-order valence-corrected chi connectivity index (χ3v) is 2.36. The van der Waals surface area contributed by atoms with Crippen LogP contribution in [-0.2, 0) is 0 Å². The van der Waals surface area contributed by atoms with Gasteiger partial charge in [-0.15, -0.1) is 0 Å². The van der Waals surface area contributed by atoms with Crippen LogP contribution in [-0.4, -0.2) is 34.3 Å². The van der Waals surface area contributed by atoms with E-state index in [9.17, 15) is 5.11 Å². The maximum Gasteiger partial charge on any atom is 0.226 e. The molecule has 1 atom stereocenters. The Morgan fingerprint density at radius 2 is 2.12 bits per heavy atom. The number of hydrogen-bond donors (Lipinski definition) is 2. The van der Waals surface area contributed by atoms with Crippen LogP contribution in [0.1, 0.15) is 26.5 Å². The largest absolute Gasteiger partial charge is 0.478 e. The molecule has 0 fully saturated rings. The van der Waals surface area contributed by atoms with Gasteiger partial charge in [-0.2, -0.15) is 4.98 Å². The number of aryl methyl sites for hydroxylation is 1. The minimum atomic E-state index is -0.408. The average molecular weight is 239 g/mol. The Bertz CT molecular complexity index is 356. The minimum Gasteiger partial charge on any atom is -0.478 e. The normalized spacial score (nSPS) is 12.6. The Labute approximate surface area is 102 Å². The molecular formula is C12H21N3O2. The first-order valence-electron chi connectivity index (χ1n) is 5.93. The molecule has 0 aromatic carbocycles. The first-order chi connectivity index (χ1) is 8.02. The van der Waals surface area contributed by atoms with Crippen LogP contribution in [0.25, 0.3) is 0 Å². The van der Waals surface area contributed by atoms with Crippen LogP contribution in [0.3, 0.4) is 0 Å². The monoisotopic (exact) mass is 239 g/mol. The Morgan fingerprint density at radius 1 is 1.41 bits per heavy atom. The number of aromatic nitrogens is 2. The topological polar surface area (TPSA) is 67.3 Å². The lowest BCUT2D eigenvalue weighted by Gasteiger charge is -2.15. The van der Waals surface area contributed by atoms with E-state index in [0.717, 1.165) is 5.69 Å². The quantitative estimate of drug-likeness (QED) is 0.789. The van der Waals surface area contributed by atoms with E-state index in [1.54, 1.807) is 6.07 Å². The first kappa shape index (κ1) is 13.7. The molecule has 17 heavy (non-hydrogen) atoms. The van der Waals surface area contributed by atoms with Gasteiger partial charge in [0.2, 0.25) is 11.8 Å². The van der Waals surface area contributed by atoms with Crippen LogP contribution in [0, 0.1) is 12.8 Å². The summed E-state index contributed by atoms with van der Waals surface area (Å²) in [6, 6.07) is 1.79. The summed E-state index contributed by atoms with van der Waals surface area (Å²) in [7, 11) is 0. The van der Waals surface area contributed by atoms with Crippen molar-refractivity contribution in [1.82, 2.24) is 9.97 Å². The summed E-state index contributed by atoms with van der Waals surface area (Å²) in [5.74, 6) is 1.26. The van der Waals surface area contributed by atoms with E-state index in [0.29, 0.717) is 25.0 Å². The van der Waals surface area contributed by atoms with Gasteiger partial charge in [0.15, 0.2) is 0 Å². The van der Waals surface area contributed by atoms with Crippen molar-refractivity contribution < 1.29 is 9.84 Å². The Kier molecular flexibility index (Phi) is 5.15. The number of nitrogens with zero attached hydrogens (tertiary/aromatic N) is 2. The van der Waals surface area contributed by atoms with Crippen molar-refractivity contribution in [3.8, 4) is 5.88 Å². The number of ether oxygens (including phenoxy) is 1. The average Bonchev–Trinajstić information content (AvgIpc) is 2.25. The van der Waals surface area contributed by atoms with Crippen LogP contribution >= 0.6 is 0 Å². The molecule has 0 aliphatic rings. The minimum absolute atomic E-state index is 0.207. The van der Waals surface area contributed by atoms with Crippen molar-refractivity contribution in [2.45, 2.75) is 33.8 Å². The molecule has 5 heteroatoms. The third kappa shape index (κ3) is 4.56. The highest BCUT2D eigenvalue weighted by molar-refractivity contribution is 5.30. The molecule has 0 spiro atoms. The van der Waals surface area contributed by atoms with Gasteiger partial charge in [0.05, 0.1) is 12.7 Å². The molecule has 1 unspecified atom stereocenters. The highest BCUT2D eigenvalue weighted by Crippen LogP contribution is 2.12. The zero-order valence-electron chi connectivity index (χ0n) is 10.9. The Hall–Kier alpha value is -1.36. The van der Waals surface area contributed by atoms with Crippen molar-refractivity contribution in [1.29, 1.82) is 0 Å². The molecule has 96 valence electrons. The number of aliphatic hydroxyl groups is 1. The lowest BCUT2D eigenvalue weighted by atomic mass is 10.1. The van der Waals surface area contributed by atoms with Gasteiger partial charge < -0.3 is 15.2 Å². The van der Waals surface area contributed by atoms with Crippen molar-refractivity contribution >= 4 is 5.95 Å². The summed E-state index contributed by atoms with van der Waals surface area (Å²) in [6.07, 6.45) is -0.408. The van der Waals surface area contributed by atoms with Crippen molar-refractivity contribution in [2.75, 3.05) is 18.5 Å². The number of hydrogen-bond acceptors (Lipinski definition) is 5. The smallest absolute Gasteiger partial charge is 0.226 e. The summed E-state index contributed by atoms with van der Waals surface area (Å²) in [5, 5.41) is 12.7. The Balaban J connectivity index is 2.64. The molecule has 0 amide bonds. The summed E-state index contributed by atoms with van der Waals surface area (Å²) in [6.45, 7) is 8.74. The fourth-order valence-corrected chi connectivity index (χ4v) is 1.27. The zero-order valence-corrected chi connectivity index (χ0v) is 10.9. The zero-order chi connectivity index (χ0) is 12.8. The summed E-state index contributed by atoms with van der Waals surface area (Å²) in [5.41, 5.74) is 0.838. The molecule has 1 heterocycles. The lowest BCUT2D eigenvalue weighted by molar-refractivity contribution is 0.137. The fourth-order valence-electron chi connectivity index (χ4n) is 1.27. The van der Waals surface area contributed by atoms with E-state index in [4.69, 9.17) is 4.74 Å². The first-order valence-corrected chi connectivity index (χ1v) is 5.93. The van der Waals surface area contributed by atoms with E-state index in [2.05, 4.69) is 15.3 Å². The van der Waals surface area contributed by atoms with Gasteiger partial charge in [-0.25, -0.2) is 4.98 Å². The molecule has 0 radical (unpaired) electrons. The number of aliphatic hydroxyl groups excluding tert-OH is 1. The molecule has 1 aromatic heterocycles. The van der Waals surface area contributed by atoms with Crippen LogP contribution in [0.4, 0.5) is 5.95 Å². The van der Waals surface area contributed by atoms with Crippen molar-refractivity contribution in [3.63, 3.8) is 0 Å². The summed E-state index contributed by atoms with van der Waals surface area (Å²) in [4.78, 5) is 8.43. The van der Waals surface area contributed by atoms with E-state index < -0.39 is 6.10 Å². The molecular weight excluding hydrogens is 218 g/mol. The second-order valence-electron chi connectivity index (χ2n) is 4.30. The van der Waals surface area contributed by atoms with Gasteiger partial charge in [-0.3, -0.25) is 0 Å². The van der Waals surface area contributed by atoms with Crippen molar-refractivity contribution in [2.24, 2.45) is 5.92 Å². The molecule has 0 aliphatic carbocycles. The molecule has 2 N–H and O–H groups in total. The van der Waals surface area contributed by atoms with Gasteiger partial charge in [0.25, 0.3) is 0 Å². The van der Waals surface area contributed by atoms with Crippen LogP contribution < -0.4 is 10.1 Å². The van der Waals surface area contributed by atoms with E-state index in [1.165, 1.54) is 0 Å². The molecule has 0 saturated heterocycles. The standard InChI is InChI=1S/C12H21N3O2/c1-5-17-11-6-9(4)14-12(15-11)13-7-10(16)8(2)3/h6,8,10,16H,5,7H2,1-4H3,(H,13,14,15). The second kappa shape index (κ2) is 6.39. The van der Waals surface area contributed by atoms with Crippen LogP contribution in [0.2, 0.25) is 0 Å². The molecule has 1 rings (SSSR count). The summed E-state index contributed by atoms with van der Waals surface area (Å²) >= 11 is 0. The van der Waals surface area contributed by atoms with Gasteiger partial charge in [-0.05, 0) is 19.8 Å². The number of rotatable bonds is 6. The number of nitrogens with one attached hydrogen (secondary N) is 1. The fraction of sp³-hybridized carbons (Fsp3) is 0.667. The van der Waals surface area contributed by atoms with Crippen LogP contribution in [0.5, 0.6) is 5.88 Å². The number of anilines is 1. The maximum absolute atomic E-state index is 9.68. The molecule has 5 nitrogen and oxygen atoms in total. The van der Waals surface area contributed by atoms with E-state index in [-0.39, 0.29) is 5.92 Å². The maximum atomic E-state index is 9.68. The predicted octanol–water partition coefficient (Wildman–Crippen LogP) is 1.61. The SMILES string of the molecule is CCOc1cc(C)nc(NCC(O)C(C)C)n1. The highest BCUT2D eigenvalue weighted by atomic mass is 16.5. The van der Waals surface area contributed by atoms with E-state index in [1.807, 2.05) is 27.7 Å². The molecule has 0 aliphatic heterocycles. The molecule has 1 aromatic rings. The second-order valence-corrected chi connectivity index (χ2v) is 4.30. The summed E-state index contributed by atoms with van der Waals surface area (Å²) < 4.78 is 5.33. The lowest BCUT2D eigenvalue weighted by Crippen LogP contribution is -2.25. The third-order valence-electron chi connectivity index (χ3n) is 2.36. The Morgan fingerprint density at radius 3 is 2.71 bits per heavy atom. The van der Waals surface area contributed by atoms with Gasteiger partial charge in [0.1, 0.15) is 0 Å². The van der Waals surface area contributed by atoms with Gasteiger partial charge in [0, 0.05) is 18.3 Å². The van der Waals surface area contributed by atoms with Gasteiger partial charge >= 0.3 is 0 Å². The van der Waals surface area contributed by atoms with Crippen LogP contribution in [0.15, 0.2) is 6.07 Å². The molecule has 0 saturated carbocycles. The molecule has 0 bridgehead atoms. The predicted molar refractivity (Wildman–Crippen MR) is 67.3 cm³/mol.